The maximum atomic E-state index is 12.0. The molecular formula is C17H24N4O2. The number of hydrogen-bond acceptors (Lipinski definition) is 4. The lowest BCUT2D eigenvalue weighted by molar-refractivity contribution is -0.117. The molecule has 0 atom stereocenters. The van der Waals surface area contributed by atoms with Gasteiger partial charge in [0.15, 0.2) is 0 Å². The summed E-state index contributed by atoms with van der Waals surface area (Å²) in [6.45, 7) is 5.45. The van der Waals surface area contributed by atoms with Crippen LogP contribution in [-0.2, 0) is 11.8 Å². The molecule has 2 rings (SSSR count). The highest BCUT2D eigenvalue weighted by atomic mass is 16.5. The van der Waals surface area contributed by atoms with Gasteiger partial charge in [0.2, 0.25) is 5.91 Å². The number of rotatable bonds is 7. The first-order chi connectivity index (χ1) is 10.9. The fourth-order valence-corrected chi connectivity index (χ4v) is 2.19. The van der Waals surface area contributed by atoms with Gasteiger partial charge in [0, 0.05) is 19.7 Å². The van der Waals surface area contributed by atoms with E-state index in [1.165, 1.54) is 5.56 Å². The van der Waals surface area contributed by atoms with Crippen molar-refractivity contribution in [3.63, 3.8) is 0 Å². The van der Waals surface area contributed by atoms with Crippen LogP contribution in [-0.4, -0.2) is 47.3 Å². The van der Waals surface area contributed by atoms with Crippen molar-refractivity contribution in [3.05, 3.63) is 41.6 Å². The number of amides is 1. The highest BCUT2D eigenvalue weighted by Crippen LogP contribution is 2.11. The van der Waals surface area contributed by atoms with E-state index in [1.807, 2.05) is 63.2 Å². The Morgan fingerprint density at radius 2 is 2.00 bits per heavy atom. The van der Waals surface area contributed by atoms with Crippen molar-refractivity contribution in [1.29, 1.82) is 0 Å². The van der Waals surface area contributed by atoms with E-state index < -0.39 is 0 Å². The second-order valence-corrected chi connectivity index (χ2v) is 5.74. The van der Waals surface area contributed by atoms with E-state index in [-0.39, 0.29) is 5.91 Å². The van der Waals surface area contributed by atoms with Gasteiger partial charge in [0.25, 0.3) is 0 Å². The minimum Gasteiger partial charge on any atom is -0.492 e. The van der Waals surface area contributed by atoms with Crippen molar-refractivity contribution in [3.8, 4) is 5.75 Å². The van der Waals surface area contributed by atoms with Crippen molar-refractivity contribution in [1.82, 2.24) is 14.7 Å². The molecule has 0 unspecified atom stereocenters. The van der Waals surface area contributed by atoms with Gasteiger partial charge in [-0.2, -0.15) is 5.10 Å². The number of ether oxygens (including phenoxy) is 1. The summed E-state index contributed by atoms with van der Waals surface area (Å²) in [6, 6.07) is 9.78. The predicted molar refractivity (Wildman–Crippen MR) is 90.7 cm³/mol. The molecule has 6 heteroatoms. The number of nitrogens with zero attached hydrogens (tertiary/aromatic N) is 3. The third-order valence-corrected chi connectivity index (χ3v) is 3.45. The zero-order valence-corrected chi connectivity index (χ0v) is 14.2. The van der Waals surface area contributed by atoms with Crippen LogP contribution in [0.4, 0.5) is 5.82 Å². The Morgan fingerprint density at radius 1 is 1.30 bits per heavy atom. The maximum absolute atomic E-state index is 12.0. The predicted octanol–water partition coefficient (Wildman–Crippen LogP) is 1.99. The molecule has 0 saturated heterocycles. The quantitative estimate of drug-likeness (QED) is 0.848. The van der Waals surface area contributed by atoms with Crippen LogP contribution in [0.15, 0.2) is 30.3 Å². The maximum Gasteiger partial charge on any atom is 0.239 e. The van der Waals surface area contributed by atoms with Crippen LogP contribution in [0.1, 0.15) is 11.3 Å². The highest BCUT2D eigenvalue weighted by molar-refractivity contribution is 5.91. The van der Waals surface area contributed by atoms with Gasteiger partial charge in [-0.3, -0.25) is 14.4 Å². The fraction of sp³-hybridized carbons (Fsp3) is 0.412. The number of carbonyl (C=O) groups is 1. The van der Waals surface area contributed by atoms with Crippen LogP contribution >= 0.6 is 0 Å². The second-order valence-electron chi connectivity index (χ2n) is 5.74. The van der Waals surface area contributed by atoms with Gasteiger partial charge in [-0.05, 0) is 33.0 Å². The van der Waals surface area contributed by atoms with Crippen LogP contribution in [0.5, 0.6) is 5.75 Å². The molecule has 2 aromatic rings. The molecule has 1 amide bonds. The summed E-state index contributed by atoms with van der Waals surface area (Å²) < 4.78 is 7.33. The number of hydrogen-bond donors (Lipinski definition) is 1. The van der Waals surface area contributed by atoms with Crippen LogP contribution in [0, 0.1) is 13.8 Å². The molecule has 0 saturated carbocycles. The van der Waals surface area contributed by atoms with Crippen molar-refractivity contribution in [2.24, 2.45) is 7.05 Å². The van der Waals surface area contributed by atoms with E-state index in [0.717, 1.165) is 11.4 Å². The summed E-state index contributed by atoms with van der Waals surface area (Å²) in [7, 11) is 3.70. The van der Waals surface area contributed by atoms with Gasteiger partial charge in [-0.25, -0.2) is 0 Å². The molecule has 1 aromatic heterocycles. The van der Waals surface area contributed by atoms with E-state index in [0.29, 0.717) is 25.5 Å². The molecule has 124 valence electrons. The number of benzene rings is 1. The Kier molecular flexibility index (Phi) is 5.76. The second kappa shape index (κ2) is 7.78. The monoisotopic (exact) mass is 316 g/mol. The van der Waals surface area contributed by atoms with Gasteiger partial charge in [-0.1, -0.05) is 17.7 Å². The van der Waals surface area contributed by atoms with E-state index >= 15 is 0 Å². The van der Waals surface area contributed by atoms with E-state index in [1.54, 1.807) is 4.68 Å². The molecule has 0 aliphatic carbocycles. The molecule has 1 aromatic carbocycles. The molecular weight excluding hydrogens is 292 g/mol. The first-order valence-electron chi connectivity index (χ1n) is 7.62. The van der Waals surface area contributed by atoms with Crippen molar-refractivity contribution in [2.75, 3.05) is 32.1 Å². The van der Waals surface area contributed by atoms with Gasteiger partial charge in [0.05, 0.1) is 12.2 Å². The van der Waals surface area contributed by atoms with Crippen LogP contribution < -0.4 is 10.1 Å². The number of aryl methyl sites for hydroxylation is 3. The third-order valence-electron chi connectivity index (χ3n) is 3.45. The van der Waals surface area contributed by atoms with Crippen molar-refractivity contribution >= 4 is 11.7 Å². The summed E-state index contributed by atoms with van der Waals surface area (Å²) in [4.78, 5) is 13.9. The molecule has 0 fully saturated rings. The minimum absolute atomic E-state index is 0.0640. The number of anilines is 1. The topological polar surface area (TPSA) is 59.4 Å². The molecule has 1 N–H and O–H groups in total. The van der Waals surface area contributed by atoms with Crippen LogP contribution in [0.25, 0.3) is 0 Å². The SMILES string of the molecule is Cc1ccc(OCCN(C)CC(=O)Nc2cc(C)nn2C)cc1. The molecule has 0 radical (unpaired) electrons. The average molecular weight is 316 g/mol. The Morgan fingerprint density at radius 3 is 2.61 bits per heavy atom. The molecule has 23 heavy (non-hydrogen) atoms. The Labute approximate surface area is 137 Å². The molecule has 0 bridgehead atoms. The summed E-state index contributed by atoms with van der Waals surface area (Å²) in [5, 5.41) is 7.06. The molecule has 0 aliphatic heterocycles. The van der Waals surface area contributed by atoms with Gasteiger partial charge in [0.1, 0.15) is 18.2 Å². The zero-order chi connectivity index (χ0) is 16.8. The van der Waals surface area contributed by atoms with Gasteiger partial charge in [-0.15, -0.1) is 0 Å². The number of nitrogens with one attached hydrogen (secondary N) is 1. The molecule has 0 aliphatic rings. The van der Waals surface area contributed by atoms with E-state index in [4.69, 9.17) is 4.74 Å². The normalized spacial score (nSPS) is 10.8. The first-order valence-corrected chi connectivity index (χ1v) is 7.62. The molecule has 0 spiro atoms. The van der Waals surface area contributed by atoms with Crippen molar-refractivity contribution in [2.45, 2.75) is 13.8 Å². The highest BCUT2D eigenvalue weighted by Gasteiger charge is 2.10. The Balaban J connectivity index is 1.71. The number of carbonyl (C=O) groups excluding carboxylic acids is 1. The summed E-state index contributed by atoms with van der Waals surface area (Å²) >= 11 is 0. The first kappa shape index (κ1) is 17.0. The number of aromatic nitrogens is 2. The van der Waals surface area contributed by atoms with Gasteiger partial charge < -0.3 is 10.1 Å². The lowest BCUT2D eigenvalue weighted by Crippen LogP contribution is -2.33. The standard InChI is InChI=1S/C17H24N4O2/c1-13-5-7-15(8-6-13)23-10-9-20(3)12-17(22)18-16-11-14(2)19-21(16)4/h5-8,11H,9-10,12H2,1-4H3,(H,18,22). The van der Waals surface area contributed by atoms with Crippen LogP contribution in [0.2, 0.25) is 0 Å². The van der Waals surface area contributed by atoms with Gasteiger partial charge >= 0.3 is 0 Å². The lowest BCUT2D eigenvalue weighted by Gasteiger charge is -2.16. The Hall–Kier alpha value is -2.34. The summed E-state index contributed by atoms with van der Waals surface area (Å²) in [6.07, 6.45) is 0. The van der Waals surface area contributed by atoms with E-state index in [9.17, 15) is 4.79 Å². The van der Waals surface area contributed by atoms with Crippen molar-refractivity contribution < 1.29 is 9.53 Å². The summed E-state index contributed by atoms with van der Waals surface area (Å²) in [5.41, 5.74) is 2.08. The fourth-order valence-electron chi connectivity index (χ4n) is 2.19. The molecule has 6 nitrogen and oxygen atoms in total. The number of likely N-dealkylation sites (N-methyl/N-ethyl adjacent to an activating group) is 1. The summed E-state index contributed by atoms with van der Waals surface area (Å²) in [5.74, 6) is 1.49. The Bertz CT molecular complexity index is 649. The lowest BCUT2D eigenvalue weighted by atomic mass is 10.2. The average Bonchev–Trinajstić information content (AvgIpc) is 2.78. The largest absolute Gasteiger partial charge is 0.492 e. The minimum atomic E-state index is -0.0640. The van der Waals surface area contributed by atoms with E-state index in [2.05, 4.69) is 10.4 Å². The smallest absolute Gasteiger partial charge is 0.239 e. The zero-order valence-electron chi connectivity index (χ0n) is 14.2. The molecule has 1 heterocycles. The third kappa shape index (κ3) is 5.41. The van der Waals surface area contributed by atoms with Crippen LogP contribution in [0.3, 0.4) is 0 Å².